The van der Waals surface area contributed by atoms with Gasteiger partial charge in [-0.1, -0.05) is 12.1 Å². The number of carboxylic acids is 1. The van der Waals surface area contributed by atoms with Crippen LogP contribution in [0.25, 0.3) is 0 Å². The Bertz CT molecular complexity index is 642. The molecule has 0 saturated carbocycles. The van der Waals surface area contributed by atoms with Crippen LogP contribution in [-0.4, -0.2) is 22.7 Å². The van der Waals surface area contributed by atoms with Crippen LogP contribution in [0.3, 0.4) is 0 Å². The van der Waals surface area contributed by atoms with E-state index in [-0.39, 0.29) is 22.4 Å². The number of hydrogen-bond donors (Lipinski definition) is 2. The molecule has 2 aromatic rings. The fraction of sp³-hybridized carbons (Fsp3) is 0.0769. The molecule has 0 fully saturated rings. The highest BCUT2D eigenvalue weighted by Gasteiger charge is 2.10. The third-order valence-corrected chi connectivity index (χ3v) is 4.31. The van der Waals surface area contributed by atoms with Gasteiger partial charge in [0, 0.05) is 4.90 Å². The van der Waals surface area contributed by atoms with Crippen molar-refractivity contribution in [2.75, 3.05) is 11.1 Å². The number of aromatic carboxylic acids is 1. The van der Waals surface area contributed by atoms with Crippen molar-refractivity contribution in [1.82, 2.24) is 0 Å². The van der Waals surface area contributed by atoms with E-state index in [9.17, 15) is 14.0 Å². The first-order valence-corrected chi connectivity index (χ1v) is 7.37. The fourth-order valence-corrected chi connectivity index (χ4v) is 2.90. The molecule has 1 amide bonds. The van der Waals surface area contributed by atoms with Gasteiger partial charge in [-0.3, -0.25) is 4.79 Å². The van der Waals surface area contributed by atoms with E-state index in [0.29, 0.717) is 9.90 Å². The highest BCUT2D eigenvalue weighted by molar-refractivity contribution is 8.00. The van der Waals surface area contributed by atoms with Gasteiger partial charge in [0.1, 0.15) is 10.7 Å². The summed E-state index contributed by atoms with van der Waals surface area (Å²) in [7, 11) is 0. The minimum atomic E-state index is -1.03. The van der Waals surface area contributed by atoms with Crippen LogP contribution in [-0.2, 0) is 4.79 Å². The first-order valence-electron chi connectivity index (χ1n) is 5.56. The van der Waals surface area contributed by atoms with E-state index in [0.717, 1.165) is 23.1 Å². The maximum atomic E-state index is 13.3. The van der Waals surface area contributed by atoms with Crippen molar-refractivity contribution in [1.29, 1.82) is 0 Å². The molecule has 1 heterocycles. The molecule has 2 N–H and O–H groups in total. The summed E-state index contributed by atoms with van der Waals surface area (Å²) < 4.78 is 13.3. The monoisotopic (exact) mass is 311 g/mol. The van der Waals surface area contributed by atoms with Gasteiger partial charge in [0.15, 0.2) is 0 Å². The second kappa shape index (κ2) is 6.53. The Morgan fingerprint density at radius 3 is 2.65 bits per heavy atom. The lowest BCUT2D eigenvalue weighted by atomic mass is 10.3. The van der Waals surface area contributed by atoms with Gasteiger partial charge in [-0.05, 0) is 24.3 Å². The van der Waals surface area contributed by atoms with Crippen molar-refractivity contribution in [3.8, 4) is 0 Å². The number of amides is 1. The van der Waals surface area contributed by atoms with Crippen LogP contribution in [0.4, 0.5) is 9.39 Å². The van der Waals surface area contributed by atoms with Crippen molar-refractivity contribution in [3.05, 3.63) is 47.1 Å². The van der Waals surface area contributed by atoms with Gasteiger partial charge >= 0.3 is 5.97 Å². The number of rotatable bonds is 5. The molecule has 0 aliphatic carbocycles. The normalized spacial score (nSPS) is 10.2. The van der Waals surface area contributed by atoms with Gasteiger partial charge in [-0.2, -0.15) is 0 Å². The smallest absolute Gasteiger partial charge is 0.345 e. The standard InChI is InChI=1S/C13H10FNO3S2/c14-8-3-1-2-4-9(8)19-7-11(16)15-12-6-5-10(20-12)13(17)18/h1-6H,7H2,(H,15,16)(H,17,18). The molecule has 0 unspecified atom stereocenters. The number of thioether (sulfide) groups is 1. The van der Waals surface area contributed by atoms with E-state index in [4.69, 9.17) is 5.11 Å². The lowest BCUT2D eigenvalue weighted by molar-refractivity contribution is -0.113. The average molecular weight is 311 g/mol. The van der Waals surface area contributed by atoms with Crippen molar-refractivity contribution in [2.45, 2.75) is 4.90 Å². The summed E-state index contributed by atoms with van der Waals surface area (Å²) in [5.74, 6) is -1.65. The average Bonchev–Trinajstić information content (AvgIpc) is 2.86. The molecule has 1 aromatic heterocycles. The quantitative estimate of drug-likeness (QED) is 0.831. The Labute approximate surface area is 122 Å². The Balaban J connectivity index is 1.89. The lowest BCUT2D eigenvalue weighted by Crippen LogP contribution is -2.13. The number of nitrogens with one attached hydrogen (secondary N) is 1. The van der Waals surface area contributed by atoms with Gasteiger partial charge in [0.25, 0.3) is 0 Å². The fourth-order valence-electron chi connectivity index (χ4n) is 1.40. The summed E-state index contributed by atoms with van der Waals surface area (Å²) in [5.41, 5.74) is 0. The third-order valence-electron chi connectivity index (χ3n) is 2.27. The molecule has 0 spiro atoms. The maximum Gasteiger partial charge on any atom is 0.345 e. The zero-order valence-electron chi connectivity index (χ0n) is 10.1. The van der Waals surface area contributed by atoms with Crippen LogP contribution in [0.5, 0.6) is 0 Å². The molecule has 4 nitrogen and oxygen atoms in total. The zero-order chi connectivity index (χ0) is 14.5. The topological polar surface area (TPSA) is 66.4 Å². The molecular formula is C13H10FNO3S2. The largest absolute Gasteiger partial charge is 0.477 e. The van der Waals surface area contributed by atoms with E-state index in [1.807, 2.05) is 0 Å². The lowest BCUT2D eigenvalue weighted by Gasteiger charge is -2.03. The van der Waals surface area contributed by atoms with Crippen LogP contribution >= 0.6 is 23.1 Å². The minimum absolute atomic E-state index is 0.0568. The zero-order valence-corrected chi connectivity index (χ0v) is 11.8. The van der Waals surface area contributed by atoms with Gasteiger partial charge in [-0.15, -0.1) is 23.1 Å². The molecule has 0 aliphatic heterocycles. The summed E-state index contributed by atoms with van der Waals surface area (Å²) in [5, 5.41) is 11.8. The summed E-state index contributed by atoms with van der Waals surface area (Å²) in [6, 6.07) is 9.16. The molecule has 0 saturated heterocycles. The van der Waals surface area contributed by atoms with E-state index in [2.05, 4.69) is 5.32 Å². The number of thiophene rings is 1. The predicted molar refractivity (Wildman–Crippen MR) is 77.0 cm³/mol. The number of carbonyl (C=O) groups is 2. The second-order valence-corrected chi connectivity index (χ2v) is 5.84. The van der Waals surface area contributed by atoms with Crippen molar-refractivity contribution in [2.24, 2.45) is 0 Å². The van der Waals surface area contributed by atoms with E-state index in [1.165, 1.54) is 18.2 Å². The summed E-state index contributed by atoms with van der Waals surface area (Å²) in [6.07, 6.45) is 0. The van der Waals surface area contributed by atoms with Gasteiger partial charge in [0.2, 0.25) is 5.91 Å². The Hall–Kier alpha value is -1.86. The third kappa shape index (κ3) is 3.82. The van der Waals surface area contributed by atoms with Crippen molar-refractivity contribution in [3.63, 3.8) is 0 Å². The molecule has 1 aromatic carbocycles. The maximum absolute atomic E-state index is 13.3. The van der Waals surface area contributed by atoms with E-state index < -0.39 is 5.97 Å². The van der Waals surface area contributed by atoms with Crippen LogP contribution in [0.1, 0.15) is 9.67 Å². The molecule has 104 valence electrons. The first kappa shape index (κ1) is 14.5. The number of halogens is 1. The first-order chi connectivity index (χ1) is 9.56. The minimum Gasteiger partial charge on any atom is -0.477 e. The van der Waals surface area contributed by atoms with Crippen molar-refractivity contribution < 1.29 is 19.1 Å². The number of carboxylic acid groups (broad SMARTS) is 1. The van der Waals surface area contributed by atoms with E-state index in [1.54, 1.807) is 18.2 Å². The molecule has 0 aliphatic rings. The summed E-state index contributed by atoms with van der Waals surface area (Å²) in [6.45, 7) is 0. The number of anilines is 1. The van der Waals surface area contributed by atoms with E-state index >= 15 is 0 Å². The number of hydrogen-bond acceptors (Lipinski definition) is 4. The number of benzene rings is 1. The predicted octanol–water partition coefficient (Wildman–Crippen LogP) is 3.32. The van der Waals surface area contributed by atoms with Crippen LogP contribution in [0.2, 0.25) is 0 Å². The second-order valence-electron chi connectivity index (χ2n) is 3.74. The summed E-state index contributed by atoms with van der Waals surface area (Å²) in [4.78, 5) is 22.9. The molecule has 0 radical (unpaired) electrons. The van der Waals surface area contributed by atoms with Crippen LogP contribution in [0.15, 0.2) is 41.3 Å². The van der Waals surface area contributed by atoms with Crippen molar-refractivity contribution >= 4 is 40.0 Å². The molecule has 7 heteroatoms. The molecule has 0 bridgehead atoms. The SMILES string of the molecule is O=C(CSc1ccccc1F)Nc1ccc(C(=O)O)s1. The Morgan fingerprint density at radius 2 is 2.00 bits per heavy atom. The Morgan fingerprint density at radius 1 is 1.25 bits per heavy atom. The molecule has 2 rings (SSSR count). The van der Waals surface area contributed by atoms with Gasteiger partial charge < -0.3 is 10.4 Å². The van der Waals surface area contributed by atoms with Gasteiger partial charge in [0.05, 0.1) is 10.8 Å². The molecular weight excluding hydrogens is 301 g/mol. The Kier molecular flexibility index (Phi) is 4.75. The molecule has 20 heavy (non-hydrogen) atoms. The highest BCUT2D eigenvalue weighted by Crippen LogP contribution is 2.24. The molecule has 0 atom stereocenters. The van der Waals surface area contributed by atoms with Crippen LogP contribution in [0, 0.1) is 5.82 Å². The summed E-state index contributed by atoms with van der Waals surface area (Å²) >= 11 is 2.07. The highest BCUT2D eigenvalue weighted by atomic mass is 32.2. The number of carbonyl (C=O) groups excluding carboxylic acids is 1. The van der Waals surface area contributed by atoms with Crippen LogP contribution < -0.4 is 5.32 Å². The van der Waals surface area contributed by atoms with Gasteiger partial charge in [-0.25, -0.2) is 9.18 Å².